The van der Waals surface area contributed by atoms with E-state index in [0.29, 0.717) is 10.3 Å². The molecule has 0 saturated carbocycles. The fraction of sp³-hybridized carbons (Fsp3) is 0.375. The molecular formula is C16H15BrN2O6S2. The van der Waals surface area contributed by atoms with Crippen molar-refractivity contribution in [3.8, 4) is 0 Å². The Morgan fingerprint density at radius 2 is 2.15 bits per heavy atom. The number of carboxylic acid groups (broad SMARTS) is 1. The van der Waals surface area contributed by atoms with Crippen LogP contribution in [0.4, 0.5) is 5.00 Å². The van der Waals surface area contributed by atoms with Crippen LogP contribution in [0.5, 0.6) is 0 Å². The minimum atomic E-state index is -1.20. The first-order valence-electron chi connectivity index (χ1n) is 7.85. The fourth-order valence-corrected chi connectivity index (χ4v) is 5.23. The van der Waals surface area contributed by atoms with Gasteiger partial charge in [-0.15, -0.1) is 23.1 Å². The van der Waals surface area contributed by atoms with Crippen LogP contribution in [0, 0.1) is 0 Å². The Bertz CT molecular complexity index is 812. The summed E-state index contributed by atoms with van der Waals surface area (Å²) in [6, 6.07) is 2.68. The molecule has 1 aromatic rings. The van der Waals surface area contributed by atoms with E-state index < -0.39 is 28.6 Å². The second-order valence-corrected chi connectivity index (χ2v) is 8.63. The van der Waals surface area contributed by atoms with Crippen LogP contribution in [0.2, 0.25) is 0 Å². The summed E-state index contributed by atoms with van der Waals surface area (Å²) < 4.78 is 4.99. The minimum Gasteiger partial charge on any atom is -0.480 e. The van der Waals surface area contributed by atoms with E-state index in [2.05, 4.69) is 15.9 Å². The number of nitrogens with zero attached hydrogens (tertiary/aromatic N) is 2. The SMILES string of the molecule is CC(=O)N(c1cccs1)C1C(=O)N2C=C(C(=O)OCCBr)C(C(=O)O)S[C@H]12. The van der Waals surface area contributed by atoms with Crippen LogP contribution in [0.1, 0.15) is 6.92 Å². The monoisotopic (exact) mass is 474 g/mol. The van der Waals surface area contributed by atoms with Gasteiger partial charge in [0.05, 0.1) is 10.6 Å². The zero-order valence-corrected chi connectivity index (χ0v) is 17.3. The molecule has 2 aliphatic heterocycles. The van der Waals surface area contributed by atoms with Crippen LogP contribution in [0.3, 0.4) is 0 Å². The second kappa shape index (κ2) is 8.03. The number of amides is 2. The van der Waals surface area contributed by atoms with E-state index in [1.165, 1.54) is 34.3 Å². The largest absolute Gasteiger partial charge is 0.480 e. The van der Waals surface area contributed by atoms with E-state index in [1.807, 2.05) is 0 Å². The van der Waals surface area contributed by atoms with E-state index in [1.54, 1.807) is 17.5 Å². The standard InChI is InChI=1S/C16H15BrN2O6S2/c1-8(20)19(10-3-2-6-26-10)11-13(21)18-7-9(16(24)25-5-4-17)12(15(22)23)27-14(11)18/h2-3,6-7,11-12,14H,4-5H2,1H3,(H,22,23)/t11?,12?,14-/m1/s1. The molecule has 2 unspecified atom stereocenters. The first kappa shape index (κ1) is 19.9. The van der Waals surface area contributed by atoms with Crippen molar-refractivity contribution < 1.29 is 29.0 Å². The highest BCUT2D eigenvalue weighted by atomic mass is 79.9. The number of carboxylic acids is 1. The lowest BCUT2D eigenvalue weighted by Gasteiger charge is -2.51. The van der Waals surface area contributed by atoms with Gasteiger partial charge in [-0.05, 0) is 17.5 Å². The van der Waals surface area contributed by atoms with E-state index in [0.717, 1.165) is 11.8 Å². The highest BCUT2D eigenvalue weighted by molar-refractivity contribution is 9.09. The molecule has 2 amide bonds. The number of halogens is 1. The average molecular weight is 475 g/mol. The Kier molecular flexibility index (Phi) is 5.92. The number of hydrogen-bond acceptors (Lipinski definition) is 7. The van der Waals surface area contributed by atoms with Crippen LogP contribution < -0.4 is 4.90 Å². The van der Waals surface area contributed by atoms with Gasteiger partial charge >= 0.3 is 11.9 Å². The van der Waals surface area contributed by atoms with Crippen molar-refractivity contribution in [3.63, 3.8) is 0 Å². The summed E-state index contributed by atoms with van der Waals surface area (Å²) in [6.07, 6.45) is 1.24. The Morgan fingerprint density at radius 3 is 2.70 bits per heavy atom. The van der Waals surface area contributed by atoms with Gasteiger partial charge in [-0.3, -0.25) is 19.3 Å². The lowest BCUT2D eigenvalue weighted by molar-refractivity contribution is -0.145. The smallest absolute Gasteiger partial charge is 0.337 e. The molecule has 27 heavy (non-hydrogen) atoms. The number of alkyl halides is 1. The summed E-state index contributed by atoms with van der Waals surface area (Å²) in [4.78, 5) is 51.3. The molecule has 1 fully saturated rings. The number of carbonyl (C=O) groups is 4. The molecule has 1 aromatic heterocycles. The topological polar surface area (TPSA) is 104 Å². The molecule has 0 radical (unpaired) electrons. The molecule has 3 atom stereocenters. The van der Waals surface area contributed by atoms with Gasteiger partial charge in [0.15, 0.2) is 0 Å². The minimum absolute atomic E-state index is 0.0870. The maximum Gasteiger partial charge on any atom is 0.337 e. The van der Waals surface area contributed by atoms with Crippen LogP contribution >= 0.6 is 39.0 Å². The normalized spacial score (nSPS) is 23.8. The van der Waals surface area contributed by atoms with E-state index in [4.69, 9.17) is 4.74 Å². The Labute approximate surface area is 171 Å². The Morgan fingerprint density at radius 1 is 1.41 bits per heavy atom. The fourth-order valence-electron chi connectivity index (χ4n) is 2.88. The van der Waals surface area contributed by atoms with Crippen molar-refractivity contribution in [1.29, 1.82) is 0 Å². The molecule has 2 aliphatic rings. The number of fused-ring (bicyclic) bond motifs is 1. The van der Waals surface area contributed by atoms with Crippen molar-refractivity contribution in [1.82, 2.24) is 4.90 Å². The number of hydrogen-bond donors (Lipinski definition) is 1. The molecule has 1 saturated heterocycles. The molecule has 0 aromatic carbocycles. The third-order valence-corrected chi connectivity index (χ3v) is 6.70. The second-order valence-electron chi connectivity index (χ2n) is 5.68. The van der Waals surface area contributed by atoms with Gasteiger partial charge in [-0.25, -0.2) is 4.79 Å². The third kappa shape index (κ3) is 3.63. The maximum atomic E-state index is 12.7. The number of thioether (sulfide) groups is 1. The van der Waals surface area contributed by atoms with Crippen molar-refractivity contribution in [3.05, 3.63) is 29.3 Å². The summed E-state index contributed by atoms with van der Waals surface area (Å²) in [5, 5.41) is 10.6. The zero-order chi connectivity index (χ0) is 19.7. The summed E-state index contributed by atoms with van der Waals surface area (Å²) in [5.41, 5.74) is -0.0954. The Balaban J connectivity index is 1.89. The van der Waals surface area contributed by atoms with Crippen LogP contribution in [-0.4, -0.2) is 62.4 Å². The number of thiophene rings is 1. The molecule has 8 nitrogen and oxygen atoms in total. The van der Waals surface area contributed by atoms with Crippen LogP contribution in [-0.2, 0) is 23.9 Å². The number of ether oxygens (including phenoxy) is 1. The van der Waals surface area contributed by atoms with Gasteiger partial charge in [0.25, 0.3) is 5.91 Å². The third-order valence-electron chi connectivity index (χ3n) is 4.02. The summed E-state index contributed by atoms with van der Waals surface area (Å²) in [5.74, 6) is -2.66. The average Bonchev–Trinajstić information content (AvgIpc) is 3.16. The highest BCUT2D eigenvalue weighted by Gasteiger charge is 2.56. The summed E-state index contributed by atoms with van der Waals surface area (Å²) in [6.45, 7) is 1.44. The molecule has 1 N–H and O–H groups in total. The molecule has 0 bridgehead atoms. The van der Waals surface area contributed by atoms with Gasteiger partial charge in [-0.1, -0.05) is 15.9 Å². The quantitative estimate of drug-likeness (QED) is 0.379. The maximum absolute atomic E-state index is 12.7. The van der Waals surface area contributed by atoms with Crippen LogP contribution in [0.25, 0.3) is 0 Å². The predicted molar refractivity (Wildman–Crippen MR) is 104 cm³/mol. The first-order valence-corrected chi connectivity index (χ1v) is 10.8. The van der Waals surface area contributed by atoms with Gasteiger partial charge in [0.2, 0.25) is 5.91 Å². The van der Waals surface area contributed by atoms with Gasteiger partial charge in [0.1, 0.15) is 23.3 Å². The lowest BCUT2D eigenvalue weighted by Crippen LogP contribution is -2.70. The van der Waals surface area contributed by atoms with E-state index >= 15 is 0 Å². The van der Waals surface area contributed by atoms with Crippen molar-refractivity contribution in [2.45, 2.75) is 23.6 Å². The summed E-state index contributed by atoms with van der Waals surface area (Å²) >= 11 is 5.39. The molecule has 3 heterocycles. The van der Waals surface area contributed by atoms with E-state index in [9.17, 15) is 24.3 Å². The van der Waals surface area contributed by atoms with Crippen molar-refractivity contribution in [2.24, 2.45) is 0 Å². The number of anilines is 1. The van der Waals surface area contributed by atoms with Crippen molar-refractivity contribution in [2.75, 3.05) is 16.8 Å². The number of rotatable bonds is 6. The van der Waals surface area contributed by atoms with Gasteiger partial charge in [-0.2, -0.15) is 0 Å². The highest BCUT2D eigenvalue weighted by Crippen LogP contribution is 2.44. The van der Waals surface area contributed by atoms with Crippen molar-refractivity contribution >= 4 is 67.8 Å². The Hall–Kier alpha value is -1.85. The molecule has 3 rings (SSSR count). The van der Waals surface area contributed by atoms with E-state index in [-0.39, 0.29) is 24.0 Å². The number of esters is 1. The summed E-state index contributed by atoms with van der Waals surface area (Å²) in [7, 11) is 0. The molecule has 0 spiro atoms. The lowest BCUT2D eigenvalue weighted by atomic mass is 10.0. The van der Waals surface area contributed by atoms with Crippen LogP contribution in [0.15, 0.2) is 29.3 Å². The molecule has 11 heteroatoms. The first-order chi connectivity index (χ1) is 12.9. The molecular weight excluding hydrogens is 460 g/mol. The predicted octanol–water partition coefficient (Wildman–Crippen LogP) is 1.66. The zero-order valence-electron chi connectivity index (χ0n) is 14.0. The number of β-lactam (4-membered cyclic amide) rings is 1. The number of carbonyl (C=O) groups excluding carboxylic acids is 3. The number of aliphatic carboxylic acids is 1. The molecule has 144 valence electrons. The molecule has 0 aliphatic carbocycles. The van der Waals surface area contributed by atoms with Gasteiger partial charge < -0.3 is 14.7 Å². The van der Waals surface area contributed by atoms with Gasteiger partial charge in [0, 0.05) is 18.5 Å².